The van der Waals surface area contributed by atoms with Crippen LogP contribution in [0.15, 0.2) is 48.2 Å². The van der Waals surface area contributed by atoms with Crippen LogP contribution < -0.4 is 20.3 Å². The lowest BCUT2D eigenvalue weighted by Gasteiger charge is -2.23. The lowest BCUT2D eigenvalue weighted by Crippen LogP contribution is -2.40. The van der Waals surface area contributed by atoms with E-state index in [2.05, 4.69) is 10.6 Å². The van der Waals surface area contributed by atoms with Crippen LogP contribution in [0.4, 0.5) is 11.4 Å². The Hall–Kier alpha value is -3.81. The number of nitrogens with zero attached hydrogens (tertiary/aromatic N) is 1. The van der Waals surface area contributed by atoms with Gasteiger partial charge in [0.15, 0.2) is 0 Å². The molecule has 0 atom stereocenters. The summed E-state index contributed by atoms with van der Waals surface area (Å²) in [5, 5.41) is 6.03. The van der Waals surface area contributed by atoms with Crippen LogP contribution in [0.1, 0.15) is 30.0 Å². The summed E-state index contributed by atoms with van der Waals surface area (Å²) in [5.41, 5.74) is 4.58. The number of nitrogens with one attached hydrogen (secondary N) is 2. The molecule has 0 unspecified atom stereocenters. The number of ether oxygens (including phenoxy) is 2. The first-order valence-corrected chi connectivity index (χ1v) is 10.8. The van der Waals surface area contributed by atoms with Gasteiger partial charge in [-0.2, -0.15) is 0 Å². The first-order valence-electron chi connectivity index (χ1n) is 10.8. The van der Waals surface area contributed by atoms with Gasteiger partial charge in [0.1, 0.15) is 12.3 Å². The number of anilines is 2. The third-order valence-electron chi connectivity index (χ3n) is 5.35. The smallest absolute Gasteiger partial charge is 0.311 e. The van der Waals surface area contributed by atoms with Gasteiger partial charge in [-0.3, -0.25) is 19.3 Å². The van der Waals surface area contributed by atoms with Crippen molar-refractivity contribution in [3.63, 3.8) is 0 Å². The molecule has 1 aliphatic heterocycles. The van der Waals surface area contributed by atoms with E-state index >= 15 is 0 Å². The summed E-state index contributed by atoms with van der Waals surface area (Å²) in [6, 6.07) is 11.2. The zero-order valence-electron chi connectivity index (χ0n) is 19.4. The molecule has 2 amide bonds. The second-order valence-electron chi connectivity index (χ2n) is 7.78. The van der Waals surface area contributed by atoms with E-state index in [0.717, 1.165) is 22.4 Å². The summed E-state index contributed by atoms with van der Waals surface area (Å²) in [6.45, 7) is 6.06. The highest BCUT2D eigenvalue weighted by atomic mass is 16.5. The zero-order chi connectivity index (χ0) is 24.0. The van der Waals surface area contributed by atoms with Crippen LogP contribution in [0.2, 0.25) is 0 Å². The summed E-state index contributed by atoms with van der Waals surface area (Å²) in [6.07, 6.45) is 1.28. The maximum atomic E-state index is 13.1. The van der Waals surface area contributed by atoms with Gasteiger partial charge in [0, 0.05) is 18.3 Å². The molecule has 0 aromatic heterocycles. The Balaban J connectivity index is 1.79. The van der Waals surface area contributed by atoms with E-state index in [4.69, 9.17) is 9.47 Å². The average Bonchev–Trinajstić information content (AvgIpc) is 2.89. The Morgan fingerprint density at radius 2 is 1.79 bits per heavy atom. The van der Waals surface area contributed by atoms with Crippen LogP contribution in [0.25, 0.3) is 0 Å². The number of hydrogen-bond donors (Lipinski definition) is 2. The van der Waals surface area contributed by atoms with Crippen molar-refractivity contribution in [2.75, 3.05) is 30.5 Å². The van der Waals surface area contributed by atoms with Gasteiger partial charge in [-0.15, -0.1) is 0 Å². The van der Waals surface area contributed by atoms with Gasteiger partial charge in [0.05, 0.1) is 31.5 Å². The van der Waals surface area contributed by atoms with Crippen LogP contribution in [-0.2, 0) is 25.7 Å². The molecule has 0 fully saturated rings. The molecule has 2 N–H and O–H groups in total. The summed E-state index contributed by atoms with van der Waals surface area (Å²) >= 11 is 0. The minimum atomic E-state index is -0.430. The van der Waals surface area contributed by atoms with E-state index in [1.54, 1.807) is 14.0 Å². The molecule has 2 aromatic carbocycles. The highest BCUT2D eigenvalue weighted by molar-refractivity contribution is 6.09. The van der Waals surface area contributed by atoms with Crippen LogP contribution >= 0.6 is 0 Å². The monoisotopic (exact) mass is 451 g/mol. The molecular weight excluding hydrogens is 422 g/mol. The number of carbonyl (C=O) groups excluding carboxylic acids is 3. The molecule has 0 spiro atoms. The molecule has 0 saturated heterocycles. The quantitative estimate of drug-likeness (QED) is 0.598. The summed E-state index contributed by atoms with van der Waals surface area (Å²) in [7, 11) is 1.59. The molecule has 0 aliphatic carbocycles. The first kappa shape index (κ1) is 23.8. The summed E-state index contributed by atoms with van der Waals surface area (Å²) < 4.78 is 10.2. The second-order valence-corrected chi connectivity index (χ2v) is 7.78. The molecule has 33 heavy (non-hydrogen) atoms. The SMILES string of the molecule is CCOC(=O)CC1=CC(=O)N(CC(=O)NCc2ccc(OC)cc2)c2cc(C)c(C)cc2N1. The highest BCUT2D eigenvalue weighted by Crippen LogP contribution is 2.33. The van der Waals surface area contributed by atoms with Crippen molar-refractivity contribution in [2.24, 2.45) is 0 Å². The fourth-order valence-corrected chi connectivity index (χ4v) is 3.45. The van der Waals surface area contributed by atoms with Crippen molar-refractivity contribution in [3.05, 3.63) is 64.9 Å². The van der Waals surface area contributed by atoms with E-state index in [1.165, 1.54) is 11.0 Å². The molecule has 2 aromatic rings. The molecular formula is C25H29N3O5. The normalized spacial score (nSPS) is 12.8. The Bertz CT molecular complexity index is 1080. The van der Waals surface area contributed by atoms with Crippen LogP contribution in [-0.4, -0.2) is 38.0 Å². The maximum absolute atomic E-state index is 13.1. The van der Waals surface area contributed by atoms with Gasteiger partial charge in [-0.05, 0) is 61.7 Å². The number of methoxy groups -OCH3 is 1. The summed E-state index contributed by atoms with van der Waals surface area (Å²) in [4.78, 5) is 39.2. The van der Waals surface area contributed by atoms with Crippen molar-refractivity contribution in [2.45, 2.75) is 33.7 Å². The lowest BCUT2D eigenvalue weighted by molar-refractivity contribution is -0.142. The van der Waals surface area contributed by atoms with Crippen molar-refractivity contribution in [1.82, 2.24) is 5.32 Å². The minimum Gasteiger partial charge on any atom is -0.497 e. The Kier molecular flexibility index (Phi) is 7.71. The molecule has 1 aliphatic rings. The lowest BCUT2D eigenvalue weighted by atomic mass is 10.1. The minimum absolute atomic E-state index is 0.0660. The number of hydrogen-bond acceptors (Lipinski definition) is 6. The molecule has 0 radical (unpaired) electrons. The third kappa shape index (κ3) is 6.12. The number of esters is 1. The van der Waals surface area contributed by atoms with Gasteiger partial charge < -0.3 is 20.1 Å². The average molecular weight is 452 g/mol. The summed E-state index contributed by atoms with van der Waals surface area (Å²) in [5.74, 6) is -0.380. The highest BCUT2D eigenvalue weighted by Gasteiger charge is 2.26. The van der Waals surface area contributed by atoms with E-state index in [1.807, 2.05) is 50.2 Å². The van der Waals surface area contributed by atoms with Crippen LogP contribution in [0.3, 0.4) is 0 Å². The molecule has 8 nitrogen and oxygen atoms in total. The molecule has 3 rings (SSSR count). The molecule has 0 saturated carbocycles. The van der Waals surface area contributed by atoms with Crippen molar-refractivity contribution >= 4 is 29.2 Å². The first-order chi connectivity index (χ1) is 15.8. The Morgan fingerprint density at radius 1 is 1.09 bits per heavy atom. The maximum Gasteiger partial charge on any atom is 0.311 e. The standard InChI is InChI=1S/C25H29N3O5/c1-5-33-25(31)13-19-12-24(30)28(22-11-17(3)16(2)10-21(22)27-19)15-23(29)26-14-18-6-8-20(32-4)9-7-18/h6-12,27H,5,13-15H2,1-4H3,(H,26,29). The van der Waals surface area contributed by atoms with Gasteiger partial charge in [-0.1, -0.05) is 12.1 Å². The second kappa shape index (κ2) is 10.7. The number of aryl methyl sites for hydroxylation is 2. The predicted molar refractivity (Wildman–Crippen MR) is 126 cm³/mol. The molecule has 8 heteroatoms. The number of fused-ring (bicyclic) bond motifs is 1. The van der Waals surface area contributed by atoms with Gasteiger partial charge >= 0.3 is 5.97 Å². The van der Waals surface area contributed by atoms with E-state index < -0.39 is 5.97 Å². The van der Waals surface area contributed by atoms with E-state index in [0.29, 0.717) is 23.6 Å². The van der Waals surface area contributed by atoms with Gasteiger partial charge in [-0.25, -0.2) is 0 Å². The number of benzene rings is 2. The third-order valence-corrected chi connectivity index (χ3v) is 5.35. The van der Waals surface area contributed by atoms with Crippen molar-refractivity contribution in [3.8, 4) is 5.75 Å². The predicted octanol–water partition coefficient (Wildman–Crippen LogP) is 3.22. The fourth-order valence-electron chi connectivity index (χ4n) is 3.45. The Morgan fingerprint density at radius 3 is 2.45 bits per heavy atom. The number of carbonyl (C=O) groups is 3. The number of rotatable bonds is 8. The van der Waals surface area contributed by atoms with Crippen molar-refractivity contribution < 1.29 is 23.9 Å². The Labute approximate surface area is 193 Å². The zero-order valence-corrected chi connectivity index (χ0v) is 19.4. The fraction of sp³-hybridized carbons (Fsp3) is 0.320. The van der Waals surface area contributed by atoms with Crippen LogP contribution in [0, 0.1) is 13.8 Å². The number of amides is 2. The van der Waals surface area contributed by atoms with Gasteiger partial charge in [0.2, 0.25) is 5.91 Å². The van der Waals surface area contributed by atoms with Crippen LogP contribution in [0.5, 0.6) is 5.75 Å². The topological polar surface area (TPSA) is 97.0 Å². The van der Waals surface area contributed by atoms with E-state index in [9.17, 15) is 14.4 Å². The molecule has 174 valence electrons. The molecule has 0 bridgehead atoms. The van der Waals surface area contributed by atoms with Crippen molar-refractivity contribution in [1.29, 1.82) is 0 Å². The van der Waals surface area contributed by atoms with E-state index in [-0.39, 0.29) is 31.4 Å². The van der Waals surface area contributed by atoms with Gasteiger partial charge in [0.25, 0.3) is 5.91 Å². The largest absolute Gasteiger partial charge is 0.497 e. The molecule has 1 heterocycles.